The molecule has 0 N–H and O–H groups in total. The van der Waals surface area contributed by atoms with E-state index < -0.39 is 0 Å². The van der Waals surface area contributed by atoms with E-state index >= 15 is 0 Å². The normalized spacial score (nSPS) is 10.7. The highest BCUT2D eigenvalue weighted by Crippen LogP contribution is 2.17. The molecule has 0 unspecified atom stereocenters. The van der Waals surface area contributed by atoms with Gasteiger partial charge in [-0.3, -0.25) is 0 Å². The van der Waals surface area contributed by atoms with Crippen LogP contribution in [0, 0.1) is 9.71 Å². The first-order valence-corrected chi connectivity index (χ1v) is 4.05. The predicted molar refractivity (Wildman–Crippen MR) is 46.7 cm³/mol. The van der Waals surface area contributed by atoms with Crippen molar-refractivity contribution in [3.8, 4) is 0 Å². The summed E-state index contributed by atoms with van der Waals surface area (Å²) in [5, 5.41) is 0. The maximum atomic E-state index is 12.6. The topological polar surface area (TPSA) is 26.0 Å². The minimum absolute atomic E-state index is 0.301. The average Bonchev–Trinajstić information content (AvgIpc) is 2.27. The van der Waals surface area contributed by atoms with Gasteiger partial charge in [-0.15, -0.1) is 0 Å². The van der Waals surface area contributed by atoms with Crippen molar-refractivity contribution >= 4 is 33.7 Å². The van der Waals surface area contributed by atoms with Gasteiger partial charge < -0.3 is 4.42 Å². The predicted octanol–water partition coefficient (Wildman–Crippen LogP) is 2.57. The average molecular weight is 263 g/mol. The number of rotatable bonds is 0. The van der Waals surface area contributed by atoms with Crippen molar-refractivity contribution in [1.82, 2.24) is 4.98 Å². The second-order valence-corrected chi connectivity index (χ2v) is 3.00. The number of benzene rings is 1. The van der Waals surface area contributed by atoms with Gasteiger partial charge in [0.1, 0.15) is 11.3 Å². The smallest absolute Gasteiger partial charge is 0.258 e. The van der Waals surface area contributed by atoms with Crippen LogP contribution in [0.3, 0.4) is 0 Å². The molecule has 0 fully saturated rings. The Morgan fingerprint density at radius 3 is 3.09 bits per heavy atom. The minimum Gasteiger partial charge on any atom is -0.432 e. The molecule has 0 aliphatic carbocycles. The Balaban J connectivity index is 2.82. The van der Waals surface area contributed by atoms with Gasteiger partial charge in [-0.25, -0.2) is 9.37 Å². The van der Waals surface area contributed by atoms with Crippen molar-refractivity contribution in [2.24, 2.45) is 0 Å². The van der Waals surface area contributed by atoms with E-state index in [1.165, 1.54) is 12.1 Å². The highest BCUT2D eigenvalue weighted by Gasteiger charge is 2.02. The molecule has 1 aromatic heterocycles. The van der Waals surface area contributed by atoms with E-state index in [-0.39, 0.29) is 5.82 Å². The van der Waals surface area contributed by atoms with E-state index in [0.29, 0.717) is 15.0 Å². The van der Waals surface area contributed by atoms with Gasteiger partial charge in [0.05, 0.1) is 0 Å². The molecular formula is C7H3FINO. The molecule has 0 aliphatic heterocycles. The Labute approximate surface area is 75.6 Å². The van der Waals surface area contributed by atoms with Crippen molar-refractivity contribution in [2.45, 2.75) is 0 Å². The Morgan fingerprint density at radius 2 is 2.27 bits per heavy atom. The zero-order chi connectivity index (χ0) is 7.84. The molecule has 11 heavy (non-hydrogen) atoms. The molecule has 2 aromatic rings. The first kappa shape index (κ1) is 7.02. The lowest BCUT2D eigenvalue weighted by atomic mass is 10.3. The number of hydrogen-bond acceptors (Lipinski definition) is 2. The third-order valence-electron chi connectivity index (χ3n) is 1.32. The van der Waals surface area contributed by atoms with Crippen LogP contribution in [0.2, 0.25) is 0 Å². The molecule has 1 heterocycles. The zero-order valence-electron chi connectivity index (χ0n) is 5.34. The van der Waals surface area contributed by atoms with Gasteiger partial charge in [-0.2, -0.15) is 0 Å². The summed E-state index contributed by atoms with van der Waals surface area (Å²) in [6.45, 7) is 0. The second kappa shape index (κ2) is 2.44. The van der Waals surface area contributed by atoms with E-state index in [1.54, 1.807) is 6.07 Å². The Bertz CT molecular complexity index is 398. The van der Waals surface area contributed by atoms with Gasteiger partial charge in [-0.1, -0.05) is 0 Å². The molecule has 0 bridgehead atoms. The molecule has 1 aromatic carbocycles. The van der Waals surface area contributed by atoms with Crippen LogP contribution in [0.15, 0.2) is 22.6 Å². The SMILES string of the molecule is Fc1ccc2nc(I)oc2c1. The Kier molecular flexibility index (Phi) is 1.56. The minimum atomic E-state index is -0.301. The number of halogens is 2. The van der Waals surface area contributed by atoms with Gasteiger partial charge in [0.15, 0.2) is 5.58 Å². The Morgan fingerprint density at radius 1 is 1.45 bits per heavy atom. The molecule has 0 aliphatic rings. The standard InChI is InChI=1S/C7H3FINO/c8-4-1-2-5-6(3-4)11-7(9)10-5/h1-3H. The molecular weight excluding hydrogens is 260 g/mol. The molecule has 0 radical (unpaired) electrons. The maximum Gasteiger partial charge on any atom is 0.258 e. The number of hydrogen-bond donors (Lipinski definition) is 0. The highest BCUT2D eigenvalue weighted by molar-refractivity contribution is 14.1. The fourth-order valence-corrected chi connectivity index (χ4v) is 1.37. The van der Waals surface area contributed by atoms with E-state index in [4.69, 9.17) is 4.42 Å². The molecule has 0 spiro atoms. The summed E-state index contributed by atoms with van der Waals surface area (Å²) in [5.74, 6) is -0.301. The molecule has 2 rings (SSSR count). The van der Waals surface area contributed by atoms with Crippen LogP contribution in [0.25, 0.3) is 11.1 Å². The first-order chi connectivity index (χ1) is 5.25. The summed E-state index contributed by atoms with van der Waals surface area (Å²) in [4.78, 5) is 4.01. The van der Waals surface area contributed by atoms with Gasteiger partial charge in [0.25, 0.3) is 3.90 Å². The fraction of sp³-hybridized carbons (Fsp3) is 0. The van der Waals surface area contributed by atoms with Crippen LogP contribution >= 0.6 is 22.6 Å². The van der Waals surface area contributed by atoms with E-state index in [0.717, 1.165) is 0 Å². The summed E-state index contributed by atoms with van der Waals surface area (Å²) in [6.07, 6.45) is 0. The van der Waals surface area contributed by atoms with Crippen LogP contribution < -0.4 is 0 Å². The van der Waals surface area contributed by atoms with Gasteiger partial charge >= 0.3 is 0 Å². The van der Waals surface area contributed by atoms with Crippen molar-refractivity contribution < 1.29 is 8.81 Å². The first-order valence-electron chi connectivity index (χ1n) is 2.97. The van der Waals surface area contributed by atoms with Gasteiger partial charge in [-0.05, 0) is 12.1 Å². The van der Waals surface area contributed by atoms with Gasteiger partial charge in [0.2, 0.25) is 0 Å². The Hall–Kier alpha value is -0.650. The highest BCUT2D eigenvalue weighted by atomic mass is 127. The van der Waals surface area contributed by atoms with Crippen LogP contribution in [-0.4, -0.2) is 4.98 Å². The second-order valence-electron chi connectivity index (χ2n) is 2.08. The number of fused-ring (bicyclic) bond motifs is 1. The lowest BCUT2D eigenvalue weighted by molar-refractivity contribution is 0.561. The summed E-state index contributed by atoms with van der Waals surface area (Å²) in [7, 11) is 0. The summed E-state index contributed by atoms with van der Waals surface area (Å²) < 4.78 is 18.2. The third kappa shape index (κ3) is 1.22. The largest absolute Gasteiger partial charge is 0.432 e. The quantitative estimate of drug-likeness (QED) is 0.683. The molecule has 56 valence electrons. The summed E-state index contributed by atoms with van der Waals surface area (Å²) in [6, 6.07) is 4.28. The third-order valence-corrected chi connectivity index (χ3v) is 1.79. The van der Waals surface area contributed by atoms with Crippen LogP contribution in [0.4, 0.5) is 4.39 Å². The molecule has 0 saturated carbocycles. The van der Waals surface area contributed by atoms with E-state index in [2.05, 4.69) is 4.98 Å². The van der Waals surface area contributed by atoms with Crippen LogP contribution in [0.5, 0.6) is 0 Å². The number of nitrogens with zero attached hydrogens (tertiary/aromatic N) is 1. The van der Waals surface area contributed by atoms with Crippen molar-refractivity contribution in [2.75, 3.05) is 0 Å². The van der Waals surface area contributed by atoms with E-state index in [1.807, 2.05) is 22.6 Å². The monoisotopic (exact) mass is 263 g/mol. The lowest BCUT2D eigenvalue weighted by Gasteiger charge is -1.84. The zero-order valence-corrected chi connectivity index (χ0v) is 7.50. The van der Waals surface area contributed by atoms with Crippen LogP contribution in [-0.2, 0) is 0 Å². The molecule has 0 amide bonds. The molecule has 0 saturated heterocycles. The number of aromatic nitrogens is 1. The van der Waals surface area contributed by atoms with E-state index in [9.17, 15) is 4.39 Å². The molecule has 0 atom stereocenters. The van der Waals surface area contributed by atoms with Crippen LogP contribution in [0.1, 0.15) is 0 Å². The summed E-state index contributed by atoms with van der Waals surface area (Å²) in [5.41, 5.74) is 1.19. The molecule has 4 heteroatoms. The maximum absolute atomic E-state index is 12.6. The number of oxazole rings is 1. The van der Waals surface area contributed by atoms with Crippen molar-refractivity contribution in [1.29, 1.82) is 0 Å². The lowest BCUT2D eigenvalue weighted by Crippen LogP contribution is -1.71. The molecule has 2 nitrogen and oxygen atoms in total. The fourth-order valence-electron chi connectivity index (χ4n) is 0.870. The van der Waals surface area contributed by atoms with Crippen molar-refractivity contribution in [3.63, 3.8) is 0 Å². The van der Waals surface area contributed by atoms with Gasteiger partial charge in [0, 0.05) is 28.7 Å². The van der Waals surface area contributed by atoms with Crippen molar-refractivity contribution in [3.05, 3.63) is 27.9 Å². The summed E-state index contributed by atoms with van der Waals surface area (Å²) >= 11 is 1.94.